The van der Waals surface area contributed by atoms with Crippen LogP contribution in [0.5, 0.6) is 5.75 Å². The van der Waals surface area contributed by atoms with E-state index in [2.05, 4.69) is 17.2 Å². The van der Waals surface area contributed by atoms with Crippen LogP contribution < -0.4 is 4.52 Å². The average molecular weight is 367 g/mol. The normalized spacial score (nSPS) is 14.0. The van der Waals surface area contributed by atoms with Gasteiger partial charge in [0.1, 0.15) is 0 Å². The number of carbonyl (C=O) groups excluding carboxylic acids is 1. The zero-order chi connectivity index (χ0) is 16.8. The number of likely N-dealkylation sites (N-methyl/N-ethyl adjacent to an activating group) is 1. The standard InChI is InChI=1S/C13H22NO5PS2/c1-10(15)13(7-21)14(2)9-22-8-11-3-5-12(6-4-11)19-20(16,17)18/h3-6,13,16-18,20-21H,7-9H2,1-2H3/t13-/m0/s1. The van der Waals surface area contributed by atoms with E-state index in [1.807, 2.05) is 11.9 Å². The number of thioether (sulfide) groups is 1. The summed E-state index contributed by atoms with van der Waals surface area (Å²) < 4.78 is 4.62. The monoisotopic (exact) mass is 367 g/mol. The number of rotatable bonds is 9. The van der Waals surface area contributed by atoms with Crippen LogP contribution >= 0.6 is 32.6 Å². The summed E-state index contributed by atoms with van der Waals surface area (Å²) in [5, 5.41) is 0. The molecule has 0 heterocycles. The molecule has 0 radical (unpaired) electrons. The van der Waals surface area contributed by atoms with Crippen LogP contribution in [0.25, 0.3) is 0 Å². The van der Waals surface area contributed by atoms with Gasteiger partial charge in [0.05, 0.1) is 0 Å². The summed E-state index contributed by atoms with van der Waals surface area (Å²) in [5.74, 6) is 2.24. The van der Waals surface area contributed by atoms with Crippen molar-refractivity contribution in [3.8, 4) is 5.75 Å². The molecule has 0 saturated heterocycles. The molecule has 0 aromatic heterocycles. The first kappa shape index (κ1) is 19.7. The van der Waals surface area contributed by atoms with Crippen molar-refractivity contribution < 1.29 is 24.0 Å². The van der Waals surface area contributed by atoms with Crippen molar-refractivity contribution in [3.63, 3.8) is 0 Å². The Labute approximate surface area is 140 Å². The first-order valence-corrected chi connectivity index (χ1v) is 10.1. The van der Waals surface area contributed by atoms with Crippen LogP contribution in [0.1, 0.15) is 12.5 Å². The van der Waals surface area contributed by atoms with Crippen LogP contribution in [-0.2, 0) is 10.5 Å². The molecule has 0 aliphatic heterocycles. The van der Waals surface area contributed by atoms with Crippen molar-refractivity contribution >= 4 is 38.3 Å². The third-order valence-corrected chi connectivity index (χ3v) is 4.90. The van der Waals surface area contributed by atoms with Crippen molar-refractivity contribution in [2.75, 3.05) is 18.7 Å². The molecule has 0 unspecified atom stereocenters. The summed E-state index contributed by atoms with van der Waals surface area (Å²) in [7, 11) is -2.65. The fourth-order valence-corrected chi connectivity index (χ4v) is 3.76. The van der Waals surface area contributed by atoms with Gasteiger partial charge in [0, 0.05) is 0 Å². The Morgan fingerprint density at radius 3 is 2.41 bits per heavy atom. The minimum atomic E-state index is -4.53. The quantitative estimate of drug-likeness (QED) is 0.298. The Hall–Kier alpha value is -0.340. The fourth-order valence-electron chi connectivity index (χ4n) is 1.79. The predicted octanol–water partition coefficient (Wildman–Crippen LogP) is 1.46. The summed E-state index contributed by atoms with van der Waals surface area (Å²) >= 11 is 5.84. The van der Waals surface area contributed by atoms with Gasteiger partial charge in [0.15, 0.2) is 0 Å². The van der Waals surface area contributed by atoms with Crippen LogP contribution in [0.2, 0.25) is 0 Å². The number of Topliss-reactive ketones (excluding diaryl/α,β-unsaturated/α-hetero) is 1. The molecular weight excluding hydrogens is 345 g/mol. The molecule has 126 valence electrons. The maximum absolute atomic E-state index is 11.4. The van der Waals surface area contributed by atoms with Crippen molar-refractivity contribution in [1.29, 1.82) is 0 Å². The van der Waals surface area contributed by atoms with E-state index < -0.39 is 8.17 Å². The Kier molecular flexibility index (Phi) is 8.13. The van der Waals surface area contributed by atoms with Crippen LogP contribution in [-0.4, -0.2) is 50.1 Å². The maximum atomic E-state index is 11.4. The van der Waals surface area contributed by atoms with Gasteiger partial charge < -0.3 is 0 Å². The molecule has 1 rings (SSSR count). The topological polar surface area (TPSA) is 90.2 Å². The SMILES string of the molecule is CC(=O)[C@H](CS)N(C)CSCc1ccc(O[PH](O)(O)O)cc1. The molecule has 1 aromatic rings. The molecule has 1 aromatic carbocycles. The van der Waals surface area contributed by atoms with E-state index >= 15 is 0 Å². The molecule has 0 aliphatic carbocycles. The first-order chi connectivity index (χ1) is 10.2. The Bertz CT molecular complexity index is 480. The van der Waals surface area contributed by atoms with Crippen molar-refractivity contribution in [3.05, 3.63) is 29.8 Å². The number of carbonyl (C=O) groups is 1. The number of hydrogen-bond donors (Lipinski definition) is 4. The van der Waals surface area contributed by atoms with Gasteiger partial charge in [-0.3, -0.25) is 0 Å². The summed E-state index contributed by atoms with van der Waals surface area (Å²) in [5.41, 5.74) is 1.03. The molecule has 22 heavy (non-hydrogen) atoms. The Morgan fingerprint density at radius 2 is 1.95 bits per heavy atom. The van der Waals surface area contributed by atoms with Crippen molar-refractivity contribution in [2.45, 2.75) is 18.7 Å². The van der Waals surface area contributed by atoms with Gasteiger partial charge in [-0.15, -0.1) is 0 Å². The molecule has 0 saturated carbocycles. The molecule has 0 amide bonds. The van der Waals surface area contributed by atoms with Crippen LogP contribution in [0.15, 0.2) is 24.3 Å². The fraction of sp³-hybridized carbons (Fsp3) is 0.462. The van der Waals surface area contributed by atoms with E-state index in [-0.39, 0.29) is 17.6 Å². The van der Waals surface area contributed by atoms with Crippen LogP contribution in [0.3, 0.4) is 0 Å². The van der Waals surface area contributed by atoms with Gasteiger partial charge in [-0.05, 0) is 0 Å². The van der Waals surface area contributed by atoms with Gasteiger partial charge in [0.2, 0.25) is 0 Å². The zero-order valence-corrected chi connectivity index (χ0v) is 15.2. The predicted molar refractivity (Wildman–Crippen MR) is 94.3 cm³/mol. The first-order valence-electron chi connectivity index (χ1n) is 6.57. The van der Waals surface area contributed by atoms with E-state index in [0.29, 0.717) is 11.6 Å². The molecular formula is C13H22NO5PS2. The molecule has 0 aliphatic rings. The van der Waals surface area contributed by atoms with Gasteiger partial charge >= 0.3 is 140 Å². The Morgan fingerprint density at radius 1 is 1.36 bits per heavy atom. The number of nitrogens with zero attached hydrogens (tertiary/aromatic N) is 1. The van der Waals surface area contributed by atoms with Crippen molar-refractivity contribution in [1.82, 2.24) is 4.90 Å². The average Bonchev–Trinajstić information content (AvgIpc) is 2.39. The number of thiol groups is 1. The molecule has 3 N–H and O–H groups in total. The third-order valence-electron chi connectivity index (χ3n) is 2.92. The molecule has 1 atom stereocenters. The Balaban J connectivity index is 2.44. The minimum absolute atomic E-state index is 0.101. The number of benzene rings is 1. The second-order valence-electron chi connectivity index (χ2n) is 4.86. The van der Waals surface area contributed by atoms with Gasteiger partial charge in [-0.2, -0.15) is 0 Å². The molecule has 0 spiro atoms. The van der Waals surface area contributed by atoms with E-state index in [0.717, 1.165) is 11.3 Å². The zero-order valence-electron chi connectivity index (χ0n) is 12.5. The molecule has 9 heteroatoms. The van der Waals surface area contributed by atoms with E-state index in [1.165, 1.54) is 0 Å². The number of hydrogen-bond acceptors (Lipinski definition) is 8. The van der Waals surface area contributed by atoms with Gasteiger partial charge in [0.25, 0.3) is 0 Å². The second kappa shape index (κ2) is 9.08. The summed E-state index contributed by atoms with van der Waals surface area (Å²) in [4.78, 5) is 39.9. The molecule has 0 bridgehead atoms. The molecule has 0 fully saturated rings. The van der Waals surface area contributed by atoms with Gasteiger partial charge in [-0.25, -0.2) is 0 Å². The summed E-state index contributed by atoms with van der Waals surface area (Å²) in [6, 6.07) is 6.52. The summed E-state index contributed by atoms with van der Waals surface area (Å²) in [6.45, 7) is 1.56. The van der Waals surface area contributed by atoms with Crippen LogP contribution in [0.4, 0.5) is 0 Å². The van der Waals surface area contributed by atoms with E-state index in [9.17, 15) is 4.79 Å². The van der Waals surface area contributed by atoms with Crippen LogP contribution in [0, 0.1) is 0 Å². The summed E-state index contributed by atoms with van der Waals surface area (Å²) in [6.07, 6.45) is 0. The molecule has 6 nitrogen and oxygen atoms in total. The van der Waals surface area contributed by atoms with Crippen molar-refractivity contribution in [2.24, 2.45) is 0 Å². The van der Waals surface area contributed by atoms with E-state index in [4.69, 9.17) is 14.7 Å². The van der Waals surface area contributed by atoms with Gasteiger partial charge in [-0.1, -0.05) is 0 Å². The number of ketones is 1. The second-order valence-corrected chi connectivity index (χ2v) is 7.54. The van der Waals surface area contributed by atoms with E-state index in [1.54, 1.807) is 43.0 Å². The third kappa shape index (κ3) is 7.28.